The minimum Gasteiger partial charge on any atom is -0.466 e. The molecule has 3 heteroatoms. The third-order valence-electron chi connectivity index (χ3n) is 8.00. The van der Waals surface area contributed by atoms with Crippen molar-refractivity contribution in [3.63, 3.8) is 0 Å². The average molecular weight is 570 g/mol. The summed E-state index contributed by atoms with van der Waals surface area (Å²) in [6.45, 7) is 9.57. The van der Waals surface area contributed by atoms with Crippen LogP contribution in [0.15, 0.2) is 0 Å². The maximum absolute atomic E-state index is 11.9. The van der Waals surface area contributed by atoms with Crippen LogP contribution in [0.2, 0.25) is 0 Å². The molecule has 0 unspecified atom stereocenters. The van der Waals surface area contributed by atoms with Gasteiger partial charge in [0.05, 0.1) is 6.61 Å². The molecule has 0 aromatic rings. The minimum atomic E-state index is 0. The summed E-state index contributed by atoms with van der Waals surface area (Å²) in [5.74, 6) is 0.0265. The van der Waals surface area contributed by atoms with E-state index in [0.29, 0.717) is 13.0 Å². The van der Waals surface area contributed by atoms with E-state index >= 15 is 0 Å². The van der Waals surface area contributed by atoms with Crippen molar-refractivity contribution in [1.82, 2.24) is 6.15 Å². The highest BCUT2D eigenvalue weighted by Crippen LogP contribution is 2.15. The SMILES string of the molecule is CCCC.CCCCCCCCCCCCCCCCCC(=O)OCCCCCCCCCCCCCCC.N. The van der Waals surface area contributed by atoms with Crippen LogP contribution in [0.25, 0.3) is 0 Å². The molecule has 0 saturated carbocycles. The Morgan fingerprint density at radius 3 is 0.875 bits per heavy atom. The van der Waals surface area contributed by atoms with Gasteiger partial charge in [-0.25, -0.2) is 0 Å². The van der Waals surface area contributed by atoms with Crippen molar-refractivity contribution in [3.05, 3.63) is 0 Å². The number of unbranched alkanes of at least 4 members (excludes halogenated alkanes) is 27. The Morgan fingerprint density at radius 2 is 0.600 bits per heavy atom. The van der Waals surface area contributed by atoms with Crippen LogP contribution >= 0.6 is 0 Å². The van der Waals surface area contributed by atoms with E-state index in [-0.39, 0.29) is 12.1 Å². The number of carbonyl (C=O) groups excluding carboxylic acids is 1. The predicted octanol–water partition coefficient (Wildman–Crippen LogP) is 13.9. The van der Waals surface area contributed by atoms with Gasteiger partial charge in [0.2, 0.25) is 0 Å². The molecule has 0 radical (unpaired) electrons. The van der Waals surface area contributed by atoms with Gasteiger partial charge in [-0.05, 0) is 12.8 Å². The second kappa shape index (κ2) is 42.9. The largest absolute Gasteiger partial charge is 0.466 e. The van der Waals surface area contributed by atoms with Gasteiger partial charge in [0.15, 0.2) is 0 Å². The van der Waals surface area contributed by atoms with Gasteiger partial charge >= 0.3 is 5.97 Å². The molecule has 0 rings (SSSR count). The molecule has 0 bridgehead atoms. The van der Waals surface area contributed by atoms with E-state index in [2.05, 4.69) is 27.7 Å². The summed E-state index contributed by atoms with van der Waals surface area (Å²) in [6, 6.07) is 0. The monoisotopic (exact) mass is 570 g/mol. The van der Waals surface area contributed by atoms with Crippen molar-refractivity contribution in [2.75, 3.05) is 6.61 Å². The van der Waals surface area contributed by atoms with Gasteiger partial charge in [-0.2, -0.15) is 0 Å². The molecular weight excluding hydrogens is 490 g/mol. The lowest BCUT2D eigenvalue weighted by Crippen LogP contribution is -2.05. The van der Waals surface area contributed by atoms with Gasteiger partial charge in [-0.15, -0.1) is 0 Å². The lowest BCUT2D eigenvalue weighted by Gasteiger charge is -2.06. The van der Waals surface area contributed by atoms with Crippen molar-refractivity contribution < 1.29 is 9.53 Å². The fourth-order valence-electron chi connectivity index (χ4n) is 5.02. The Bertz CT molecular complexity index is 424. The molecule has 0 atom stereocenters. The molecule has 40 heavy (non-hydrogen) atoms. The fourth-order valence-corrected chi connectivity index (χ4v) is 5.02. The first-order chi connectivity index (χ1) is 19.2. The molecule has 0 amide bonds. The van der Waals surface area contributed by atoms with Crippen LogP contribution in [0.4, 0.5) is 0 Å². The van der Waals surface area contributed by atoms with Crippen LogP contribution in [0, 0.1) is 0 Å². The first-order valence-electron chi connectivity index (χ1n) is 18.4. The average Bonchev–Trinajstić information content (AvgIpc) is 2.95. The Hall–Kier alpha value is -0.570. The first kappa shape index (κ1) is 43.9. The van der Waals surface area contributed by atoms with E-state index in [4.69, 9.17) is 4.74 Å². The summed E-state index contributed by atoms with van der Waals surface area (Å²) in [5.41, 5.74) is 0. The normalized spacial score (nSPS) is 10.6. The lowest BCUT2D eigenvalue weighted by atomic mass is 10.0. The molecule has 0 heterocycles. The zero-order valence-corrected chi connectivity index (χ0v) is 28.7. The Balaban J connectivity index is -0.00000255. The molecular formula is C37H79NO2. The second-order valence-electron chi connectivity index (χ2n) is 12.2. The van der Waals surface area contributed by atoms with E-state index < -0.39 is 0 Å². The van der Waals surface area contributed by atoms with Crippen molar-refractivity contribution in [2.24, 2.45) is 0 Å². The lowest BCUT2D eigenvalue weighted by molar-refractivity contribution is -0.143. The summed E-state index contributed by atoms with van der Waals surface area (Å²) < 4.78 is 5.42. The molecule has 0 aromatic carbocycles. The summed E-state index contributed by atoms with van der Waals surface area (Å²) >= 11 is 0. The van der Waals surface area contributed by atoms with E-state index in [1.807, 2.05) is 0 Å². The van der Waals surface area contributed by atoms with Gasteiger partial charge in [0, 0.05) is 6.42 Å². The summed E-state index contributed by atoms with van der Waals surface area (Å²) in [7, 11) is 0. The van der Waals surface area contributed by atoms with Crippen LogP contribution < -0.4 is 6.15 Å². The quantitative estimate of drug-likeness (QED) is 0.0667. The molecule has 0 aromatic heterocycles. The first-order valence-corrected chi connectivity index (χ1v) is 18.4. The third-order valence-corrected chi connectivity index (χ3v) is 8.00. The van der Waals surface area contributed by atoms with E-state index in [1.165, 1.54) is 180 Å². The van der Waals surface area contributed by atoms with Gasteiger partial charge in [0.1, 0.15) is 0 Å². The molecule has 0 aliphatic carbocycles. The van der Waals surface area contributed by atoms with Gasteiger partial charge in [-0.3, -0.25) is 4.79 Å². The maximum atomic E-state index is 11.9. The second-order valence-corrected chi connectivity index (χ2v) is 12.2. The minimum absolute atomic E-state index is 0. The zero-order chi connectivity index (χ0) is 28.9. The van der Waals surface area contributed by atoms with E-state index in [0.717, 1.165) is 12.8 Å². The summed E-state index contributed by atoms with van der Waals surface area (Å²) in [5, 5.41) is 0. The van der Waals surface area contributed by atoms with Crippen LogP contribution in [0.1, 0.15) is 227 Å². The van der Waals surface area contributed by atoms with E-state index in [9.17, 15) is 4.79 Å². The number of rotatable bonds is 31. The van der Waals surface area contributed by atoms with Crippen LogP contribution in [-0.2, 0) is 9.53 Å². The van der Waals surface area contributed by atoms with Gasteiger partial charge < -0.3 is 10.9 Å². The molecule has 0 spiro atoms. The zero-order valence-electron chi connectivity index (χ0n) is 28.7. The molecule has 0 aliphatic heterocycles. The molecule has 3 N–H and O–H groups in total. The standard InChI is InChI=1S/C33H66O2.C4H10.H3N/c1-3-5-7-9-11-13-15-17-18-19-21-23-25-27-29-31-33(34)35-32-30-28-26-24-22-20-16-14-12-10-8-6-4-2;1-3-4-2;/h3-32H2,1-2H3;3-4H2,1-2H3;1H3. The number of ether oxygens (including phenoxy) is 1. The molecule has 3 nitrogen and oxygen atoms in total. The number of hydrogen-bond acceptors (Lipinski definition) is 3. The summed E-state index contributed by atoms with van der Waals surface area (Å²) in [6.07, 6.45) is 41.3. The smallest absolute Gasteiger partial charge is 0.305 e. The molecule has 0 fully saturated rings. The highest BCUT2D eigenvalue weighted by molar-refractivity contribution is 5.69. The van der Waals surface area contributed by atoms with Crippen molar-refractivity contribution in [3.8, 4) is 0 Å². The fraction of sp³-hybridized carbons (Fsp3) is 0.973. The van der Waals surface area contributed by atoms with Crippen molar-refractivity contribution in [1.29, 1.82) is 0 Å². The topological polar surface area (TPSA) is 61.3 Å². The Morgan fingerprint density at radius 1 is 0.350 bits per heavy atom. The maximum Gasteiger partial charge on any atom is 0.305 e. The Kier molecular flexibility index (Phi) is 47.0. The molecule has 244 valence electrons. The summed E-state index contributed by atoms with van der Waals surface area (Å²) in [4.78, 5) is 11.9. The van der Waals surface area contributed by atoms with Gasteiger partial charge in [0.25, 0.3) is 0 Å². The highest BCUT2D eigenvalue weighted by atomic mass is 16.5. The number of carbonyl (C=O) groups is 1. The highest BCUT2D eigenvalue weighted by Gasteiger charge is 2.02. The number of esters is 1. The number of hydrogen-bond donors (Lipinski definition) is 1. The predicted molar refractivity (Wildman–Crippen MR) is 182 cm³/mol. The van der Waals surface area contributed by atoms with Crippen molar-refractivity contribution in [2.45, 2.75) is 227 Å². The third kappa shape index (κ3) is 44.4. The van der Waals surface area contributed by atoms with E-state index in [1.54, 1.807) is 0 Å². The van der Waals surface area contributed by atoms with Crippen LogP contribution in [0.3, 0.4) is 0 Å². The molecule has 0 aliphatic rings. The Labute approximate surface area is 254 Å². The van der Waals surface area contributed by atoms with Crippen LogP contribution in [0.5, 0.6) is 0 Å². The van der Waals surface area contributed by atoms with Gasteiger partial charge in [-0.1, -0.05) is 207 Å². The molecule has 0 saturated heterocycles. The van der Waals surface area contributed by atoms with Crippen molar-refractivity contribution >= 4 is 5.97 Å². The van der Waals surface area contributed by atoms with Crippen LogP contribution in [-0.4, -0.2) is 12.6 Å².